The van der Waals surface area contributed by atoms with Crippen molar-refractivity contribution in [1.82, 2.24) is 10.3 Å². The molecule has 2 aliphatic heterocycles. The molecule has 1 amide bonds. The molecule has 3 heterocycles. The summed E-state index contributed by atoms with van der Waals surface area (Å²) in [6, 6.07) is 10.6. The summed E-state index contributed by atoms with van der Waals surface area (Å²) in [4.78, 5) is 19.5. The quantitative estimate of drug-likeness (QED) is 0.659. The summed E-state index contributed by atoms with van der Waals surface area (Å²) in [5, 5.41) is 8.94. The number of rotatable bonds is 6. The number of nitrogens with one attached hydrogen (secondary N) is 1. The molecule has 1 aromatic heterocycles. The minimum atomic E-state index is -3.77. The van der Waals surface area contributed by atoms with Gasteiger partial charge in [0.05, 0.1) is 0 Å². The van der Waals surface area contributed by atoms with Gasteiger partial charge in [0.25, 0.3) is 5.91 Å². The third kappa shape index (κ3) is 4.84. The molecule has 172 valence electrons. The van der Waals surface area contributed by atoms with E-state index in [-0.39, 0.29) is 28.9 Å². The molecule has 2 unspecified atom stereocenters. The van der Waals surface area contributed by atoms with Gasteiger partial charge in [-0.2, -0.15) is 0 Å². The molecule has 0 spiro atoms. The fraction of sp³-hybridized carbons (Fsp3) is 0.455. The lowest BCUT2D eigenvalue weighted by Gasteiger charge is -2.40. The van der Waals surface area contributed by atoms with Crippen LogP contribution in [-0.2, 0) is 14.8 Å². The Morgan fingerprint density at radius 2 is 1.78 bits per heavy atom. The third-order valence-electron chi connectivity index (χ3n) is 6.12. The number of nitrogens with two attached hydrogens (primary N) is 1. The van der Waals surface area contributed by atoms with E-state index in [0.717, 1.165) is 31.5 Å². The average molecular weight is 479 g/mol. The number of anilines is 1. The molecule has 3 N–H and O–H groups in total. The van der Waals surface area contributed by atoms with Crippen LogP contribution in [0.5, 0.6) is 5.75 Å². The van der Waals surface area contributed by atoms with Crippen molar-refractivity contribution in [1.29, 1.82) is 0 Å². The van der Waals surface area contributed by atoms with Crippen molar-refractivity contribution >= 4 is 33.3 Å². The van der Waals surface area contributed by atoms with Crippen molar-refractivity contribution in [3.05, 3.63) is 47.6 Å². The van der Waals surface area contributed by atoms with Crippen LogP contribution in [0.3, 0.4) is 0 Å². The molecule has 0 saturated carbocycles. The number of hydrogen-bond donors (Lipinski definition) is 2. The Balaban J connectivity index is 1.40. The maximum Gasteiger partial charge on any atom is 0.263 e. The first-order valence-corrected chi connectivity index (χ1v) is 12.5. The standard InChI is InChI=1S/C22H27ClN4O4S/c1-22(2,31-18-7-3-14(23)4-8-18)21(28)26-15-11-16-5-6-17(12-15)27(16)20-10-9-19(13-25-20)32(24,29)30/h3-4,7-10,13,15-17H,5-6,11-12H2,1-2H3,(H,26,28)(H2,24,29,30). The van der Waals surface area contributed by atoms with Crippen LogP contribution >= 0.6 is 11.6 Å². The summed E-state index contributed by atoms with van der Waals surface area (Å²) >= 11 is 5.92. The number of fused-ring (bicyclic) bond motifs is 2. The Morgan fingerprint density at radius 3 is 2.31 bits per heavy atom. The van der Waals surface area contributed by atoms with Crippen molar-refractivity contribution in [2.24, 2.45) is 5.14 Å². The van der Waals surface area contributed by atoms with Gasteiger partial charge >= 0.3 is 0 Å². The van der Waals surface area contributed by atoms with Gasteiger partial charge in [0.1, 0.15) is 16.5 Å². The van der Waals surface area contributed by atoms with Gasteiger partial charge in [-0.05, 0) is 75.9 Å². The Kier molecular flexibility index (Phi) is 6.08. The normalized spacial score (nSPS) is 23.1. The minimum Gasteiger partial charge on any atom is -0.478 e. The maximum absolute atomic E-state index is 13.0. The predicted octanol–water partition coefficient (Wildman–Crippen LogP) is 2.86. The summed E-state index contributed by atoms with van der Waals surface area (Å²) in [5.41, 5.74) is -1.03. The zero-order valence-corrected chi connectivity index (χ0v) is 19.6. The highest BCUT2D eigenvalue weighted by molar-refractivity contribution is 7.89. The smallest absolute Gasteiger partial charge is 0.263 e. The molecule has 32 heavy (non-hydrogen) atoms. The number of carbonyl (C=O) groups is 1. The van der Waals surface area contributed by atoms with Gasteiger partial charge < -0.3 is 15.0 Å². The van der Waals surface area contributed by atoms with E-state index in [2.05, 4.69) is 15.2 Å². The van der Waals surface area contributed by atoms with Crippen molar-refractivity contribution < 1.29 is 17.9 Å². The largest absolute Gasteiger partial charge is 0.478 e. The summed E-state index contributed by atoms with van der Waals surface area (Å²) < 4.78 is 28.9. The first-order chi connectivity index (χ1) is 15.0. The Labute approximate surface area is 193 Å². The Bertz CT molecular complexity index is 1080. The minimum absolute atomic E-state index is 0.00124. The maximum atomic E-state index is 13.0. The van der Waals surface area contributed by atoms with Crippen LogP contribution in [0, 0.1) is 0 Å². The number of amides is 1. The number of halogens is 1. The zero-order valence-electron chi connectivity index (χ0n) is 18.0. The second-order valence-corrected chi connectivity index (χ2v) is 10.9. The summed E-state index contributed by atoms with van der Waals surface area (Å²) in [6.45, 7) is 3.50. The zero-order chi connectivity index (χ0) is 23.1. The van der Waals surface area contributed by atoms with E-state index in [1.807, 2.05) is 0 Å². The summed E-state index contributed by atoms with van der Waals surface area (Å²) in [7, 11) is -3.77. The van der Waals surface area contributed by atoms with Gasteiger partial charge in [-0.25, -0.2) is 18.5 Å². The highest BCUT2D eigenvalue weighted by Gasteiger charge is 2.43. The molecule has 8 nitrogen and oxygen atoms in total. The highest BCUT2D eigenvalue weighted by Crippen LogP contribution is 2.39. The topological polar surface area (TPSA) is 115 Å². The first-order valence-electron chi connectivity index (χ1n) is 10.6. The number of benzene rings is 1. The van der Waals surface area contributed by atoms with Gasteiger partial charge in [0.2, 0.25) is 10.0 Å². The Hall–Kier alpha value is -2.36. The molecule has 2 aliphatic rings. The first kappa shape index (κ1) is 22.8. The van der Waals surface area contributed by atoms with Gasteiger partial charge in [0.15, 0.2) is 5.60 Å². The molecule has 2 saturated heterocycles. The van der Waals surface area contributed by atoms with Gasteiger partial charge in [0, 0.05) is 29.3 Å². The molecule has 2 fully saturated rings. The van der Waals surface area contributed by atoms with Gasteiger partial charge in [-0.1, -0.05) is 11.6 Å². The number of aromatic nitrogens is 1. The fourth-order valence-corrected chi connectivity index (χ4v) is 5.15. The van der Waals surface area contributed by atoms with E-state index in [0.29, 0.717) is 10.8 Å². The van der Waals surface area contributed by atoms with Crippen molar-refractivity contribution in [2.75, 3.05) is 4.90 Å². The van der Waals surface area contributed by atoms with Crippen LogP contribution in [-0.4, -0.2) is 43.0 Å². The molecule has 0 aliphatic carbocycles. The molecule has 1 aromatic carbocycles. The molecular formula is C22H27ClN4O4S. The highest BCUT2D eigenvalue weighted by atomic mass is 35.5. The van der Waals surface area contributed by atoms with Crippen LogP contribution in [0.4, 0.5) is 5.82 Å². The molecular weight excluding hydrogens is 452 g/mol. The van der Waals surface area contributed by atoms with Gasteiger partial charge in [-0.3, -0.25) is 4.79 Å². The number of hydrogen-bond acceptors (Lipinski definition) is 6. The van der Waals surface area contributed by atoms with E-state index >= 15 is 0 Å². The summed E-state index contributed by atoms with van der Waals surface area (Å²) in [5.74, 6) is 1.15. The van der Waals surface area contributed by atoms with Crippen LogP contribution in [0.25, 0.3) is 0 Å². The molecule has 4 rings (SSSR count). The Morgan fingerprint density at radius 1 is 1.16 bits per heavy atom. The summed E-state index contributed by atoms with van der Waals surface area (Å²) in [6.07, 6.45) is 4.88. The van der Waals surface area contributed by atoms with Crippen LogP contribution < -0.4 is 20.1 Å². The second kappa shape index (κ2) is 8.53. The molecule has 10 heteroatoms. The molecule has 2 bridgehead atoms. The van der Waals surface area contributed by atoms with E-state index in [4.69, 9.17) is 21.5 Å². The molecule has 2 aromatic rings. The number of carbonyl (C=O) groups excluding carboxylic acids is 1. The molecule has 0 radical (unpaired) electrons. The number of piperidine rings is 1. The lowest BCUT2D eigenvalue weighted by atomic mass is 9.96. The van der Waals surface area contributed by atoms with E-state index in [1.54, 1.807) is 44.2 Å². The lowest BCUT2D eigenvalue weighted by molar-refractivity contribution is -0.135. The average Bonchev–Trinajstić information content (AvgIpc) is 2.99. The lowest BCUT2D eigenvalue weighted by Crippen LogP contribution is -2.55. The SMILES string of the molecule is CC(C)(Oc1ccc(Cl)cc1)C(=O)NC1CC2CCC(C1)N2c1ccc(S(N)(=O)=O)cn1. The fourth-order valence-electron chi connectivity index (χ4n) is 4.57. The van der Waals surface area contributed by atoms with Crippen molar-refractivity contribution in [2.45, 2.75) is 68.2 Å². The second-order valence-electron chi connectivity index (χ2n) is 8.90. The number of primary sulfonamides is 1. The van der Waals surface area contributed by atoms with E-state index in [1.165, 1.54) is 12.3 Å². The van der Waals surface area contributed by atoms with Crippen molar-refractivity contribution in [3.8, 4) is 5.75 Å². The monoisotopic (exact) mass is 478 g/mol. The molecule has 2 atom stereocenters. The number of ether oxygens (including phenoxy) is 1. The number of pyridine rings is 1. The number of sulfonamides is 1. The van der Waals surface area contributed by atoms with Crippen LogP contribution in [0.2, 0.25) is 5.02 Å². The predicted molar refractivity (Wildman–Crippen MR) is 122 cm³/mol. The van der Waals surface area contributed by atoms with E-state index < -0.39 is 15.6 Å². The van der Waals surface area contributed by atoms with Crippen LogP contribution in [0.1, 0.15) is 39.5 Å². The number of nitrogens with zero attached hydrogens (tertiary/aromatic N) is 2. The van der Waals surface area contributed by atoms with Crippen molar-refractivity contribution in [3.63, 3.8) is 0 Å². The van der Waals surface area contributed by atoms with Gasteiger partial charge in [-0.15, -0.1) is 0 Å². The van der Waals surface area contributed by atoms with E-state index in [9.17, 15) is 13.2 Å². The van der Waals surface area contributed by atoms with Crippen LogP contribution in [0.15, 0.2) is 47.5 Å². The third-order valence-corrected chi connectivity index (χ3v) is 7.27.